The van der Waals surface area contributed by atoms with Crippen molar-refractivity contribution in [2.24, 2.45) is 0 Å². The largest absolute Gasteiger partial charge is 0.478 e. The SMILES string of the molecule is O=C(Nc1cc(Cl)cc(-c2cnn(Cc3ccc(C(=O)O)cc3)c2)c1)OCc1ccccc1. The number of aromatic carboxylic acids is 1. The maximum atomic E-state index is 12.2. The summed E-state index contributed by atoms with van der Waals surface area (Å²) in [6.07, 6.45) is 2.98. The number of carbonyl (C=O) groups is 2. The Hall–Kier alpha value is -4.10. The lowest BCUT2D eigenvalue weighted by molar-refractivity contribution is 0.0697. The first kappa shape index (κ1) is 22.1. The number of benzene rings is 3. The predicted molar refractivity (Wildman–Crippen MR) is 125 cm³/mol. The van der Waals surface area contributed by atoms with Gasteiger partial charge in [-0.3, -0.25) is 10.00 Å². The molecule has 0 radical (unpaired) electrons. The number of aromatic nitrogens is 2. The normalized spacial score (nSPS) is 10.6. The minimum Gasteiger partial charge on any atom is -0.478 e. The Balaban J connectivity index is 1.42. The number of hydrogen-bond acceptors (Lipinski definition) is 4. The molecule has 166 valence electrons. The molecule has 1 aromatic heterocycles. The summed E-state index contributed by atoms with van der Waals surface area (Å²) in [5.74, 6) is -0.961. The van der Waals surface area contributed by atoms with Crippen LogP contribution in [0.4, 0.5) is 10.5 Å². The molecule has 1 amide bonds. The summed E-state index contributed by atoms with van der Waals surface area (Å²) in [6, 6.07) is 21.3. The van der Waals surface area contributed by atoms with Crippen LogP contribution in [0.1, 0.15) is 21.5 Å². The topological polar surface area (TPSA) is 93.5 Å². The Bertz CT molecular complexity index is 1270. The molecule has 33 heavy (non-hydrogen) atoms. The number of ether oxygens (including phenoxy) is 1. The molecule has 0 saturated carbocycles. The molecule has 2 N–H and O–H groups in total. The van der Waals surface area contributed by atoms with Gasteiger partial charge in [-0.25, -0.2) is 9.59 Å². The van der Waals surface area contributed by atoms with Gasteiger partial charge in [0.2, 0.25) is 0 Å². The highest BCUT2D eigenvalue weighted by Crippen LogP contribution is 2.27. The van der Waals surface area contributed by atoms with Crippen LogP contribution in [0.3, 0.4) is 0 Å². The van der Waals surface area contributed by atoms with Crippen LogP contribution in [0.5, 0.6) is 0 Å². The van der Waals surface area contributed by atoms with Gasteiger partial charge < -0.3 is 9.84 Å². The number of carboxylic acids is 1. The zero-order chi connectivity index (χ0) is 23.2. The van der Waals surface area contributed by atoms with Crippen LogP contribution >= 0.6 is 11.6 Å². The van der Waals surface area contributed by atoms with E-state index in [-0.39, 0.29) is 12.2 Å². The first-order valence-corrected chi connectivity index (χ1v) is 10.5. The van der Waals surface area contributed by atoms with Crippen LogP contribution < -0.4 is 5.32 Å². The fraction of sp³-hybridized carbons (Fsp3) is 0.0800. The van der Waals surface area contributed by atoms with Crippen molar-refractivity contribution in [3.05, 3.63) is 107 Å². The molecule has 0 atom stereocenters. The average Bonchev–Trinajstić information content (AvgIpc) is 3.27. The molecule has 4 rings (SSSR count). The summed E-state index contributed by atoms with van der Waals surface area (Å²) < 4.78 is 7.01. The smallest absolute Gasteiger partial charge is 0.411 e. The first-order valence-electron chi connectivity index (χ1n) is 10.1. The molecular weight excluding hydrogens is 442 g/mol. The number of nitrogens with zero attached hydrogens (tertiary/aromatic N) is 2. The number of nitrogens with one attached hydrogen (secondary N) is 1. The number of amides is 1. The van der Waals surface area contributed by atoms with Gasteiger partial charge in [0, 0.05) is 22.5 Å². The average molecular weight is 462 g/mol. The molecule has 1 heterocycles. The van der Waals surface area contributed by atoms with E-state index in [1.54, 1.807) is 53.3 Å². The Morgan fingerprint density at radius 1 is 0.970 bits per heavy atom. The van der Waals surface area contributed by atoms with E-state index in [1.165, 1.54) is 0 Å². The van der Waals surface area contributed by atoms with E-state index in [4.69, 9.17) is 21.4 Å². The van der Waals surface area contributed by atoms with Crippen molar-refractivity contribution in [1.29, 1.82) is 0 Å². The van der Waals surface area contributed by atoms with Crippen molar-refractivity contribution in [3.63, 3.8) is 0 Å². The van der Waals surface area contributed by atoms with Crippen LogP contribution in [-0.2, 0) is 17.9 Å². The molecular formula is C25H20ClN3O4. The zero-order valence-electron chi connectivity index (χ0n) is 17.4. The summed E-state index contributed by atoms with van der Waals surface area (Å²) in [5.41, 5.74) is 4.16. The number of anilines is 1. The van der Waals surface area contributed by atoms with Crippen LogP contribution in [-0.4, -0.2) is 26.9 Å². The summed E-state index contributed by atoms with van der Waals surface area (Å²) in [4.78, 5) is 23.2. The second-order valence-corrected chi connectivity index (χ2v) is 7.78. The van der Waals surface area contributed by atoms with E-state index in [0.717, 1.165) is 22.3 Å². The number of halogens is 1. The van der Waals surface area contributed by atoms with E-state index < -0.39 is 12.1 Å². The standard InChI is InChI=1S/C25H20ClN3O4/c26-22-10-20(11-23(12-22)28-25(32)33-16-18-4-2-1-3-5-18)21-13-27-29(15-21)14-17-6-8-19(9-7-17)24(30)31/h1-13,15H,14,16H2,(H,28,32)(H,30,31). The molecule has 4 aromatic rings. The highest BCUT2D eigenvalue weighted by Gasteiger charge is 2.10. The molecule has 0 spiro atoms. The van der Waals surface area contributed by atoms with E-state index in [2.05, 4.69) is 10.4 Å². The van der Waals surface area contributed by atoms with E-state index in [0.29, 0.717) is 17.3 Å². The lowest BCUT2D eigenvalue weighted by atomic mass is 10.1. The Morgan fingerprint density at radius 3 is 2.45 bits per heavy atom. The van der Waals surface area contributed by atoms with Gasteiger partial charge in [-0.2, -0.15) is 5.10 Å². The van der Waals surface area contributed by atoms with Crippen LogP contribution in [0, 0.1) is 0 Å². The van der Waals surface area contributed by atoms with Gasteiger partial charge in [-0.15, -0.1) is 0 Å². The number of carbonyl (C=O) groups excluding carboxylic acids is 1. The second kappa shape index (κ2) is 10.0. The monoisotopic (exact) mass is 461 g/mol. The maximum absolute atomic E-state index is 12.2. The van der Waals surface area contributed by atoms with Crippen molar-refractivity contribution >= 4 is 29.4 Å². The third-order valence-electron chi connectivity index (χ3n) is 4.87. The van der Waals surface area contributed by atoms with E-state index in [1.807, 2.05) is 36.5 Å². The van der Waals surface area contributed by atoms with Gasteiger partial charge in [0.15, 0.2) is 0 Å². The van der Waals surface area contributed by atoms with E-state index in [9.17, 15) is 9.59 Å². The highest BCUT2D eigenvalue weighted by atomic mass is 35.5. The molecule has 0 aliphatic heterocycles. The molecule has 0 bridgehead atoms. The summed E-state index contributed by atoms with van der Waals surface area (Å²) in [7, 11) is 0. The molecule has 0 saturated heterocycles. The van der Waals surface area contributed by atoms with E-state index >= 15 is 0 Å². The zero-order valence-corrected chi connectivity index (χ0v) is 18.2. The highest BCUT2D eigenvalue weighted by molar-refractivity contribution is 6.31. The van der Waals surface area contributed by atoms with Gasteiger partial charge in [0.1, 0.15) is 6.61 Å². The van der Waals surface area contributed by atoms with Gasteiger partial charge >= 0.3 is 12.1 Å². The lowest BCUT2D eigenvalue weighted by Crippen LogP contribution is -2.13. The van der Waals surface area contributed by atoms with Crippen LogP contribution in [0.2, 0.25) is 5.02 Å². The maximum Gasteiger partial charge on any atom is 0.411 e. The minimum atomic E-state index is -0.961. The van der Waals surface area contributed by atoms with Crippen molar-refractivity contribution in [1.82, 2.24) is 9.78 Å². The van der Waals surface area contributed by atoms with Crippen molar-refractivity contribution in [3.8, 4) is 11.1 Å². The predicted octanol–water partition coefficient (Wildman–Crippen LogP) is 5.70. The Morgan fingerprint density at radius 2 is 1.73 bits per heavy atom. The number of rotatable bonds is 7. The number of carboxylic acid groups (broad SMARTS) is 1. The second-order valence-electron chi connectivity index (χ2n) is 7.34. The van der Waals surface area contributed by atoms with Gasteiger partial charge in [0.05, 0.1) is 18.3 Å². The molecule has 8 heteroatoms. The van der Waals surface area contributed by atoms with Gasteiger partial charge in [-0.1, -0.05) is 54.1 Å². The summed E-state index contributed by atoms with van der Waals surface area (Å²) in [6.45, 7) is 0.650. The Labute approximate surface area is 195 Å². The van der Waals surface area contributed by atoms with Crippen LogP contribution in [0.15, 0.2) is 85.2 Å². The molecule has 3 aromatic carbocycles. The third-order valence-corrected chi connectivity index (χ3v) is 5.09. The fourth-order valence-corrected chi connectivity index (χ4v) is 3.48. The molecule has 0 aliphatic rings. The van der Waals surface area contributed by atoms with Crippen LogP contribution in [0.25, 0.3) is 11.1 Å². The van der Waals surface area contributed by atoms with Gasteiger partial charge in [-0.05, 0) is 47.0 Å². The van der Waals surface area contributed by atoms with Crippen molar-refractivity contribution in [2.45, 2.75) is 13.2 Å². The number of hydrogen-bond donors (Lipinski definition) is 2. The first-order chi connectivity index (χ1) is 16.0. The molecule has 0 fully saturated rings. The summed E-state index contributed by atoms with van der Waals surface area (Å²) >= 11 is 6.27. The Kier molecular flexibility index (Phi) is 6.71. The third kappa shape index (κ3) is 5.99. The van der Waals surface area contributed by atoms with Crippen molar-refractivity contribution in [2.75, 3.05) is 5.32 Å². The van der Waals surface area contributed by atoms with Gasteiger partial charge in [0.25, 0.3) is 0 Å². The molecule has 0 aliphatic carbocycles. The molecule has 7 nitrogen and oxygen atoms in total. The fourth-order valence-electron chi connectivity index (χ4n) is 3.24. The minimum absolute atomic E-state index is 0.167. The lowest BCUT2D eigenvalue weighted by Gasteiger charge is -2.09. The summed E-state index contributed by atoms with van der Waals surface area (Å²) in [5, 5.41) is 16.6. The quantitative estimate of drug-likeness (QED) is 0.368. The molecule has 0 unspecified atom stereocenters. The van der Waals surface area contributed by atoms with Crippen molar-refractivity contribution < 1.29 is 19.4 Å².